The van der Waals surface area contributed by atoms with Crippen LogP contribution in [0, 0.1) is 18.8 Å². The maximum atomic E-state index is 5.66. The Morgan fingerprint density at radius 3 is 2.67 bits per heavy atom. The van der Waals surface area contributed by atoms with E-state index >= 15 is 0 Å². The third-order valence-corrected chi connectivity index (χ3v) is 1.57. The van der Waals surface area contributed by atoms with Crippen LogP contribution in [0.2, 0.25) is 5.15 Å². The van der Waals surface area contributed by atoms with Crippen LogP contribution >= 0.6 is 11.6 Å². The maximum absolute atomic E-state index is 5.66. The van der Waals surface area contributed by atoms with Gasteiger partial charge in [-0.25, -0.2) is 9.97 Å². The van der Waals surface area contributed by atoms with Gasteiger partial charge in [0.05, 0.1) is 5.69 Å². The van der Waals surface area contributed by atoms with E-state index in [1.807, 2.05) is 0 Å². The molecular formula is C8H8ClN3. The first-order valence-electron chi connectivity index (χ1n) is 3.37. The molecule has 62 valence electrons. The van der Waals surface area contributed by atoms with E-state index < -0.39 is 0 Å². The lowest BCUT2D eigenvalue weighted by atomic mass is 10.3. The molecule has 0 atom stereocenters. The summed E-state index contributed by atoms with van der Waals surface area (Å²) < 4.78 is 0. The molecule has 12 heavy (non-hydrogen) atoms. The van der Waals surface area contributed by atoms with Crippen molar-refractivity contribution in [3.05, 3.63) is 16.5 Å². The maximum Gasteiger partial charge on any atom is 0.172 e. The predicted molar refractivity (Wildman–Crippen MR) is 48.7 cm³/mol. The zero-order valence-corrected chi connectivity index (χ0v) is 7.61. The number of aryl methyl sites for hydroxylation is 1. The quantitative estimate of drug-likeness (QED) is 0.616. The molecule has 0 saturated carbocycles. The first-order valence-corrected chi connectivity index (χ1v) is 3.75. The number of hydrogen-bond acceptors (Lipinski definition) is 3. The van der Waals surface area contributed by atoms with Crippen molar-refractivity contribution < 1.29 is 0 Å². The number of aromatic nitrogens is 2. The summed E-state index contributed by atoms with van der Waals surface area (Å²) in [6.45, 7) is 3.52. The lowest BCUT2D eigenvalue weighted by Crippen LogP contribution is -1.99. The Bertz CT molecular complexity index is 363. The third kappa shape index (κ3) is 1.66. The zero-order chi connectivity index (χ0) is 9.14. The van der Waals surface area contributed by atoms with Gasteiger partial charge in [0.1, 0.15) is 5.69 Å². The van der Waals surface area contributed by atoms with Crippen molar-refractivity contribution >= 4 is 17.4 Å². The highest BCUT2D eigenvalue weighted by Crippen LogP contribution is 2.14. The molecule has 0 aliphatic heterocycles. The lowest BCUT2D eigenvalue weighted by Gasteiger charge is -1.99. The Hall–Kier alpha value is -1.27. The number of halogens is 1. The Morgan fingerprint density at radius 1 is 1.42 bits per heavy atom. The minimum absolute atomic E-state index is 0.207. The van der Waals surface area contributed by atoms with Gasteiger partial charge in [0.2, 0.25) is 0 Å². The van der Waals surface area contributed by atoms with Crippen LogP contribution in [0.4, 0.5) is 5.82 Å². The van der Waals surface area contributed by atoms with Crippen molar-refractivity contribution in [1.82, 2.24) is 9.97 Å². The van der Waals surface area contributed by atoms with Gasteiger partial charge < -0.3 is 5.73 Å². The van der Waals surface area contributed by atoms with Gasteiger partial charge in [0, 0.05) is 0 Å². The zero-order valence-electron chi connectivity index (χ0n) is 6.85. The summed E-state index contributed by atoms with van der Waals surface area (Å²) in [7, 11) is 0. The van der Waals surface area contributed by atoms with Crippen LogP contribution in [-0.4, -0.2) is 9.97 Å². The van der Waals surface area contributed by atoms with Gasteiger partial charge in [-0.15, -0.1) is 0 Å². The van der Waals surface area contributed by atoms with Crippen molar-refractivity contribution in [3.63, 3.8) is 0 Å². The molecule has 1 rings (SSSR count). The van der Waals surface area contributed by atoms with Crippen molar-refractivity contribution in [1.29, 1.82) is 0 Å². The highest BCUT2D eigenvalue weighted by molar-refractivity contribution is 6.31. The Labute approximate surface area is 76.0 Å². The summed E-state index contributed by atoms with van der Waals surface area (Å²) in [5, 5.41) is 0.207. The van der Waals surface area contributed by atoms with Crippen molar-refractivity contribution in [3.8, 4) is 11.8 Å². The van der Waals surface area contributed by atoms with Crippen LogP contribution in [-0.2, 0) is 0 Å². The molecule has 3 nitrogen and oxygen atoms in total. The predicted octanol–water partition coefficient (Wildman–Crippen LogP) is 1.39. The number of rotatable bonds is 0. The number of hydrogen-bond donors (Lipinski definition) is 1. The highest BCUT2D eigenvalue weighted by Gasteiger charge is 2.03. The van der Waals surface area contributed by atoms with Crippen molar-refractivity contribution in [2.45, 2.75) is 13.8 Å². The normalized spacial score (nSPS) is 8.92. The molecule has 0 fully saturated rings. The molecular weight excluding hydrogens is 174 g/mol. The van der Waals surface area contributed by atoms with Gasteiger partial charge in [-0.3, -0.25) is 0 Å². The van der Waals surface area contributed by atoms with Gasteiger partial charge in [0.15, 0.2) is 11.0 Å². The molecule has 1 heterocycles. The average molecular weight is 182 g/mol. The van der Waals surface area contributed by atoms with Crippen LogP contribution in [0.1, 0.15) is 18.3 Å². The molecule has 1 aromatic heterocycles. The van der Waals surface area contributed by atoms with Crippen LogP contribution in [0.15, 0.2) is 0 Å². The van der Waals surface area contributed by atoms with E-state index in [2.05, 4.69) is 21.8 Å². The van der Waals surface area contributed by atoms with Crippen LogP contribution in [0.3, 0.4) is 0 Å². The number of nitrogens with zero attached hydrogens (tertiary/aromatic N) is 2. The molecule has 0 aliphatic rings. The molecule has 2 N–H and O–H groups in total. The number of anilines is 1. The van der Waals surface area contributed by atoms with E-state index in [0.717, 1.165) is 0 Å². The van der Waals surface area contributed by atoms with Crippen LogP contribution in [0.5, 0.6) is 0 Å². The van der Waals surface area contributed by atoms with Gasteiger partial charge >= 0.3 is 0 Å². The smallest absolute Gasteiger partial charge is 0.172 e. The largest absolute Gasteiger partial charge is 0.381 e. The Kier molecular flexibility index (Phi) is 2.51. The van der Waals surface area contributed by atoms with E-state index in [1.54, 1.807) is 13.8 Å². The molecule has 0 unspecified atom stereocenters. The highest BCUT2D eigenvalue weighted by atomic mass is 35.5. The summed E-state index contributed by atoms with van der Waals surface area (Å²) in [6.07, 6.45) is 0. The molecule has 0 radical (unpaired) electrons. The Balaban J connectivity index is 3.29. The van der Waals surface area contributed by atoms with E-state index in [-0.39, 0.29) is 11.0 Å². The van der Waals surface area contributed by atoms with Gasteiger partial charge in [-0.05, 0) is 19.8 Å². The van der Waals surface area contributed by atoms with Gasteiger partial charge in [-0.1, -0.05) is 17.5 Å². The second-order valence-corrected chi connectivity index (χ2v) is 2.57. The van der Waals surface area contributed by atoms with E-state index in [4.69, 9.17) is 17.3 Å². The first kappa shape index (κ1) is 8.82. The van der Waals surface area contributed by atoms with E-state index in [1.165, 1.54) is 0 Å². The standard InChI is InChI=1S/C8H8ClN3/c1-3-4-6-5(2)11-8(10)7(9)12-6/h1-2H3,(H2,10,11). The topological polar surface area (TPSA) is 51.8 Å². The molecule has 1 aromatic rings. The summed E-state index contributed by atoms with van der Waals surface area (Å²) in [6, 6.07) is 0. The van der Waals surface area contributed by atoms with E-state index in [0.29, 0.717) is 11.4 Å². The van der Waals surface area contributed by atoms with Gasteiger partial charge in [-0.2, -0.15) is 0 Å². The first-order chi connectivity index (χ1) is 5.65. The molecule has 0 aromatic carbocycles. The minimum Gasteiger partial charge on any atom is -0.381 e. The van der Waals surface area contributed by atoms with Gasteiger partial charge in [0.25, 0.3) is 0 Å². The van der Waals surface area contributed by atoms with E-state index in [9.17, 15) is 0 Å². The summed E-state index contributed by atoms with van der Waals surface area (Å²) in [4.78, 5) is 7.94. The SMILES string of the molecule is CC#Cc1nc(Cl)c(N)nc1C. The second-order valence-electron chi connectivity index (χ2n) is 2.21. The van der Waals surface area contributed by atoms with Crippen molar-refractivity contribution in [2.75, 3.05) is 5.73 Å². The van der Waals surface area contributed by atoms with Crippen LogP contribution < -0.4 is 5.73 Å². The fourth-order valence-corrected chi connectivity index (χ4v) is 0.880. The average Bonchev–Trinajstić information content (AvgIpc) is 2.01. The second kappa shape index (κ2) is 3.42. The summed E-state index contributed by atoms with van der Waals surface area (Å²) >= 11 is 5.66. The molecule has 4 heteroatoms. The fraction of sp³-hybridized carbons (Fsp3) is 0.250. The molecule has 0 amide bonds. The summed E-state index contributed by atoms with van der Waals surface area (Å²) in [5.41, 5.74) is 6.71. The molecule has 0 spiro atoms. The third-order valence-electron chi connectivity index (χ3n) is 1.30. The number of nitrogen functional groups attached to an aromatic ring is 1. The lowest BCUT2D eigenvalue weighted by molar-refractivity contribution is 1.10. The summed E-state index contributed by atoms with van der Waals surface area (Å²) in [5.74, 6) is 5.75. The van der Waals surface area contributed by atoms with Crippen LogP contribution in [0.25, 0.3) is 0 Å². The fourth-order valence-electron chi connectivity index (χ4n) is 0.753. The molecule has 0 saturated heterocycles. The molecule has 0 aliphatic carbocycles. The van der Waals surface area contributed by atoms with Crippen molar-refractivity contribution in [2.24, 2.45) is 0 Å². The monoisotopic (exact) mass is 181 g/mol. The number of nitrogens with two attached hydrogens (primary N) is 1. The Morgan fingerprint density at radius 2 is 2.08 bits per heavy atom. The molecule has 0 bridgehead atoms. The minimum atomic E-state index is 0.207.